The molecule has 96 valence electrons. The molecule has 1 aliphatic rings. The van der Waals surface area contributed by atoms with Crippen LogP contribution in [-0.4, -0.2) is 11.2 Å². The average Bonchev–Trinajstić information content (AvgIpc) is 2.28. The van der Waals surface area contributed by atoms with Gasteiger partial charge in [-0.15, -0.1) is 13.2 Å². The van der Waals surface area contributed by atoms with E-state index in [0.29, 0.717) is 5.92 Å². The summed E-state index contributed by atoms with van der Waals surface area (Å²) in [5.74, 6) is 0.373. The first-order valence-corrected chi connectivity index (χ1v) is 6.61. The van der Waals surface area contributed by atoms with Gasteiger partial charge in [0.2, 0.25) is 0 Å². The van der Waals surface area contributed by atoms with Crippen LogP contribution in [-0.2, 0) is 0 Å². The van der Waals surface area contributed by atoms with Crippen LogP contribution in [0, 0.1) is 11.3 Å². The van der Waals surface area contributed by atoms with E-state index in [1.54, 1.807) is 0 Å². The van der Waals surface area contributed by atoms with Gasteiger partial charge in [0.15, 0.2) is 0 Å². The van der Waals surface area contributed by atoms with E-state index < -0.39 is 0 Å². The van der Waals surface area contributed by atoms with Gasteiger partial charge in [-0.2, -0.15) is 0 Å². The highest BCUT2D eigenvalue weighted by atomic mass is 16.3. The second kappa shape index (κ2) is 6.20. The van der Waals surface area contributed by atoms with E-state index in [-0.39, 0.29) is 11.5 Å². The quantitative estimate of drug-likeness (QED) is 0.681. The Morgan fingerprint density at radius 1 is 1.53 bits per heavy atom. The fourth-order valence-corrected chi connectivity index (χ4v) is 2.68. The van der Waals surface area contributed by atoms with Gasteiger partial charge in [0.05, 0.1) is 6.10 Å². The summed E-state index contributed by atoms with van der Waals surface area (Å²) in [6.07, 6.45) is 11.0. The maximum Gasteiger partial charge on any atom is 0.0761 e. The molecule has 0 aromatic carbocycles. The Hall–Kier alpha value is -0.820. The zero-order valence-corrected chi connectivity index (χ0v) is 11.3. The molecule has 2 unspecified atom stereocenters. The lowest BCUT2D eigenvalue weighted by Crippen LogP contribution is -2.25. The predicted molar refractivity (Wildman–Crippen MR) is 74.8 cm³/mol. The third kappa shape index (κ3) is 4.16. The van der Waals surface area contributed by atoms with Crippen LogP contribution < -0.4 is 0 Å². The fraction of sp³-hybridized carbons (Fsp3) is 0.625. The second-order valence-electron chi connectivity index (χ2n) is 5.85. The normalized spacial score (nSPS) is 22.8. The Morgan fingerprint density at radius 3 is 2.82 bits per heavy atom. The van der Waals surface area contributed by atoms with Crippen molar-refractivity contribution < 1.29 is 5.11 Å². The lowest BCUT2D eigenvalue weighted by atomic mass is 9.77. The molecule has 2 atom stereocenters. The van der Waals surface area contributed by atoms with E-state index in [4.69, 9.17) is 0 Å². The zero-order chi connectivity index (χ0) is 12.9. The van der Waals surface area contributed by atoms with Crippen molar-refractivity contribution in [3.63, 3.8) is 0 Å². The molecule has 1 rings (SSSR count). The first-order valence-electron chi connectivity index (χ1n) is 6.61. The lowest BCUT2D eigenvalue weighted by Gasteiger charge is -2.31. The minimum Gasteiger partial charge on any atom is -0.389 e. The van der Waals surface area contributed by atoms with Crippen molar-refractivity contribution in [2.24, 2.45) is 11.3 Å². The van der Waals surface area contributed by atoms with Crippen LogP contribution in [0.2, 0.25) is 0 Å². The van der Waals surface area contributed by atoms with Crippen LogP contribution in [0.3, 0.4) is 0 Å². The van der Waals surface area contributed by atoms with Crippen LogP contribution in [0.1, 0.15) is 46.0 Å². The molecule has 0 radical (unpaired) electrons. The van der Waals surface area contributed by atoms with Crippen molar-refractivity contribution in [1.29, 1.82) is 0 Å². The van der Waals surface area contributed by atoms with E-state index in [1.165, 1.54) is 12.0 Å². The highest BCUT2D eigenvalue weighted by molar-refractivity contribution is 5.19. The summed E-state index contributed by atoms with van der Waals surface area (Å²) in [7, 11) is 0. The number of allylic oxidation sites excluding steroid dienone is 3. The molecule has 17 heavy (non-hydrogen) atoms. The van der Waals surface area contributed by atoms with Crippen molar-refractivity contribution in [2.45, 2.75) is 52.1 Å². The van der Waals surface area contributed by atoms with Crippen LogP contribution in [0.5, 0.6) is 0 Å². The minimum absolute atomic E-state index is 0.116. The van der Waals surface area contributed by atoms with Crippen molar-refractivity contribution >= 4 is 0 Å². The summed E-state index contributed by atoms with van der Waals surface area (Å²) in [6.45, 7) is 12.0. The highest BCUT2D eigenvalue weighted by Crippen LogP contribution is 2.34. The van der Waals surface area contributed by atoms with Gasteiger partial charge in [0.1, 0.15) is 0 Å². The molecule has 0 amide bonds. The third-order valence-electron chi connectivity index (χ3n) is 3.64. The molecule has 1 heteroatoms. The number of hydrogen-bond donors (Lipinski definition) is 1. The van der Waals surface area contributed by atoms with Crippen molar-refractivity contribution in [3.8, 4) is 0 Å². The fourth-order valence-electron chi connectivity index (χ4n) is 2.68. The highest BCUT2D eigenvalue weighted by Gasteiger charge is 2.27. The molecule has 0 aromatic heterocycles. The van der Waals surface area contributed by atoms with Gasteiger partial charge in [-0.05, 0) is 49.0 Å². The molecule has 0 aromatic rings. The molecule has 0 spiro atoms. The summed E-state index contributed by atoms with van der Waals surface area (Å²) in [4.78, 5) is 0. The molecule has 0 fully saturated rings. The summed E-state index contributed by atoms with van der Waals surface area (Å²) >= 11 is 0. The van der Waals surface area contributed by atoms with E-state index in [9.17, 15) is 5.11 Å². The smallest absolute Gasteiger partial charge is 0.0761 e. The Morgan fingerprint density at radius 2 is 2.24 bits per heavy atom. The third-order valence-corrected chi connectivity index (χ3v) is 3.64. The molecule has 1 nitrogen and oxygen atoms in total. The van der Waals surface area contributed by atoms with Gasteiger partial charge in [0.25, 0.3) is 0 Å². The molecule has 0 saturated heterocycles. The van der Waals surface area contributed by atoms with E-state index in [0.717, 1.165) is 25.7 Å². The van der Waals surface area contributed by atoms with E-state index in [1.807, 2.05) is 12.2 Å². The van der Waals surface area contributed by atoms with Crippen LogP contribution in [0.4, 0.5) is 0 Å². The second-order valence-corrected chi connectivity index (χ2v) is 5.85. The summed E-state index contributed by atoms with van der Waals surface area (Å²) < 4.78 is 0. The molecule has 0 aliphatic heterocycles. The average molecular weight is 234 g/mol. The molecule has 0 saturated carbocycles. The van der Waals surface area contributed by atoms with Crippen molar-refractivity contribution in [3.05, 3.63) is 37.0 Å². The molecule has 0 bridgehead atoms. The van der Waals surface area contributed by atoms with Gasteiger partial charge in [0, 0.05) is 0 Å². The maximum atomic E-state index is 10.4. The van der Waals surface area contributed by atoms with E-state index in [2.05, 4.69) is 33.1 Å². The summed E-state index contributed by atoms with van der Waals surface area (Å²) in [5.41, 5.74) is 1.30. The Labute approximate surface area is 106 Å². The summed E-state index contributed by atoms with van der Waals surface area (Å²) in [5, 5.41) is 10.4. The van der Waals surface area contributed by atoms with Crippen molar-refractivity contribution in [1.82, 2.24) is 0 Å². The monoisotopic (exact) mass is 234 g/mol. The Kier molecular flexibility index (Phi) is 5.20. The number of aliphatic hydroxyl groups excluding tert-OH is 1. The van der Waals surface area contributed by atoms with Gasteiger partial charge in [-0.1, -0.05) is 32.1 Å². The lowest BCUT2D eigenvalue weighted by molar-refractivity contribution is 0.134. The van der Waals surface area contributed by atoms with Crippen molar-refractivity contribution in [2.75, 3.05) is 0 Å². The van der Waals surface area contributed by atoms with Crippen LogP contribution in [0.15, 0.2) is 37.0 Å². The van der Waals surface area contributed by atoms with Gasteiger partial charge >= 0.3 is 0 Å². The molecule has 1 N–H and O–H groups in total. The minimum atomic E-state index is -0.326. The van der Waals surface area contributed by atoms with Crippen LogP contribution in [0.25, 0.3) is 0 Å². The van der Waals surface area contributed by atoms with Gasteiger partial charge in [-0.3, -0.25) is 0 Å². The molecular formula is C16H26O. The first kappa shape index (κ1) is 14.2. The summed E-state index contributed by atoms with van der Waals surface area (Å²) in [6, 6.07) is 0. The predicted octanol–water partition coefficient (Wildman–Crippen LogP) is 4.25. The number of aliphatic hydroxyl groups is 1. The largest absolute Gasteiger partial charge is 0.389 e. The maximum absolute atomic E-state index is 10.4. The van der Waals surface area contributed by atoms with E-state index >= 15 is 0 Å². The van der Waals surface area contributed by atoms with Gasteiger partial charge in [-0.25, -0.2) is 0 Å². The van der Waals surface area contributed by atoms with Gasteiger partial charge < -0.3 is 5.11 Å². The Balaban J connectivity index is 2.68. The molecular weight excluding hydrogens is 208 g/mol. The zero-order valence-electron chi connectivity index (χ0n) is 11.3. The molecule has 1 aliphatic carbocycles. The van der Waals surface area contributed by atoms with Crippen LogP contribution >= 0.6 is 0 Å². The Bertz CT molecular complexity index is 299. The standard InChI is InChI=1S/C16H26O/c1-5-11-16(3,4)12-15(17)14-10-8-7-9-13(14)6-2/h5-6,10,13,15,17H,1-2,7-9,11-12H2,3-4H3. The first-order chi connectivity index (χ1) is 8.00. The molecule has 0 heterocycles. The number of rotatable bonds is 6. The SMILES string of the molecule is C=CCC(C)(C)CC(O)C1=CCCCC1C=C. The number of hydrogen-bond acceptors (Lipinski definition) is 1. The topological polar surface area (TPSA) is 20.2 Å².